The molecule has 0 aliphatic rings. The van der Waals surface area contributed by atoms with E-state index in [9.17, 15) is 4.39 Å². The Labute approximate surface area is 117 Å². The zero-order valence-corrected chi connectivity index (χ0v) is 11.9. The standard InChI is InChI=1S/C14H15ClFN3/c1-4-12-17-13(15)9(2)14(18-12)19(3)11-8-6-5-7-10(11)16/h5-8H,4H2,1-3H3. The van der Waals surface area contributed by atoms with Crippen molar-refractivity contribution in [2.75, 3.05) is 11.9 Å². The summed E-state index contributed by atoms with van der Waals surface area (Å²) in [5.74, 6) is 0.980. The van der Waals surface area contributed by atoms with E-state index in [1.807, 2.05) is 13.8 Å². The Kier molecular flexibility index (Phi) is 4.00. The molecule has 0 saturated heterocycles. The largest absolute Gasteiger partial charge is 0.327 e. The second kappa shape index (κ2) is 5.53. The third-order valence-corrected chi connectivity index (χ3v) is 3.32. The lowest BCUT2D eigenvalue weighted by Crippen LogP contribution is -2.16. The normalized spacial score (nSPS) is 10.6. The van der Waals surface area contributed by atoms with E-state index in [2.05, 4.69) is 9.97 Å². The van der Waals surface area contributed by atoms with E-state index >= 15 is 0 Å². The fourth-order valence-corrected chi connectivity index (χ4v) is 2.03. The molecule has 1 aromatic carbocycles. The SMILES string of the molecule is CCc1nc(Cl)c(C)c(N(C)c2ccccc2F)n1. The van der Waals surface area contributed by atoms with E-state index < -0.39 is 0 Å². The van der Waals surface area contributed by atoms with Crippen LogP contribution in [0.25, 0.3) is 0 Å². The number of aryl methyl sites for hydroxylation is 1. The summed E-state index contributed by atoms with van der Waals surface area (Å²) in [6, 6.07) is 6.57. The van der Waals surface area contributed by atoms with Gasteiger partial charge in [-0.2, -0.15) is 0 Å². The van der Waals surface area contributed by atoms with Crippen molar-refractivity contribution in [1.82, 2.24) is 9.97 Å². The van der Waals surface area contributed by atoms with Gasteiger partial charge in [0.15, 0.2) is 0 Å². The Morgan fingerprint density at radius 2 is 1.95 bits per heavy atom. The van der Waals surface area contributed by atoms with Crippen LogP contribution in [0.4, 0.5) is 15.9 Å². The monoisotopic (exact) mass is 279 g/mol. The minimum Gasteiger partial charge on any atom is -0.327 e. The highest BCUT2D eigenvalue weighted by Gasteiger charge is 2.16. The van der Waals surface area contributed by atoms with Crippen molar-refractivity contribution in [3.63, 3.8) is 0 Å². The van der Waals surface area contributed by atoms with Crippen LogP contribution in [0.1, 0.15) is 18.3 Å². The number of nitrogens with zero attached hydrogens (tertiary/aromatic N) is 3. The van der Waals surface area contributed by atoms with E-state index in [1.165, 1.54) is 6.07 Å². The Morgan fingerprint density at radius 3 is 2.58 bits per heavy atom. The molecule has 2 aromatic rings. The van der Waals surface area contributed by atoms with Gasteiger partial charge in [-0.1, -0.05) is 30.7 Å². The molecule has 0 radical (unpaired) electrons. The zero-order chi connectivity index (χ0) is 14.0. The molecule has 1 heterocycles. The highest BCUT2D eigenvalue weighted by Crippen LogP contribution is 2.29. The fourth-order valence-electron chi connectivity index (χ4n) is 1.84. The van der Waals surface area contributed by atoms with Gasteiger partial charge in [0.2, 0.25) is 0 Å². The lowest BCUT2D eigenvalue weighted by Gasteiger charge is -2.21. The minimum atomic E-state index is -0.294. The van der Waals surface area contributed by atoms with Crippen molar-refractivity contribution in [3.8, 4) is 0 Å². The number of rotatable bonds is 3. The van der Waals surface area contributed by atoms with Gasteiger partial charge in [0, 0.05) is 19.0 Å². The third kappa shape index (κ3) is 2.68. The summed E-state index contributed by atoms with van der Waals surface area (Å²) < 4.78 is 13.8. The first-order valence-corrected chi connectivity index (χ1v) is 6.43. The van der Waals surface area contributed by atoms with Gasteiger partial charge < -0.3 is 4.90 Å². The molecule has 0 fully saturated rings. The molecular weight excluding hydrogens is 265 g/mol. The van der Waals surface area contributed by atoms with Crippen molar-refractivity contribution >= 4 is 23.1 Å². The average molecular weight is 280 g/mol. The van der Waals surface area contributed by atoms with Crippen LogP contribution in [-0.4, -0.2) is 17.0 Å². The number of halogens is 2. The van der Waals surface area contributed by atoms with Crippen LogP contribution < -0.4 is 4.90 Å². The molecule has 0 unspecified atom stereocenters. The molecule has 3 nitrogen and oxygen atoms in total. The Morgan fingerprint density at radius 1 is 1.26 bits per heavy atom. The summed E-state index contributed by atoms with van der Waals surface area (Å²) in [5.41, 5.74) is 1.20. The molecule has 2 rings (SSSR count). The van der Waals surface area contributed by atoms with Crippen LogP contribution in [0, 0.1) is 12.7 Å². The lowest BCUT2D eigenvalue weighted by atomic mass is 10.2. The lowest BCUT2D eigenvalue weighted by molar-refractivity contribution is 0.627. The quantitative estimate of drug-likeness (QED) is 0.798. The highest BCUT2D eigenvalue weighted by molar-refractivity contribution is 6.30. The summed E-state index contributed by atoms with van der Waals surface area (Å²) in [7, 11) is 1.77. The van der Waals surface area contributed by atoms with Crippen molar-refractivity contribution in [3.05, 3.63) is 46.6 Å². The molecule has 0 aliphatic heterocycles. The molecule has 0 bridgehead atoms. The molecule has 100 valence electrons. The van der Waals surface area contributed by atoms with Crippen LogP contribution in [0.5, 0.6) is 0 Å². The predicted molar refractivity (Wildman–Crippen MR) is 75.6 cm³/mol. The second-order valence-corrected chi connectivity index (χ2v) is 4.60. The Bertz CT molecular complexity index is 601. The van der Waals surface area contributed by atoms with E-state index in [0.717, 1.165) is 5.56 Å². The van der Waals surface area contributed by atoms with Crippen LogP contribution in [0.3, 0.4) is 0 Å². The van der Waals surface area contributed by atoms with Crippen LogP contribution in [0.15, 0.2) is 24.3 Å². The number of para-hydroxylation sites is 1. The molecule has 0 atom stereocenters. The van der Waals surface area contributed by atoms with Gasteiger partial charge in [0.1, 0.15) is 22.6 Å². The molecule has 5 heteroatoms. The Balaban J connectivity index is 2.52. The van der Waals surface area contributed by atoms with Gasteiger partial charge in [0.25, 0.3) is 0 Å². The van der Waals surface area contributed by atoms with Gasteiger partial charge in [-0.05, 0) is 19.1 Å². The fraction of sp³-hybridized carbons (Fsp3) is 0.286. The number of anilines is 2. The summed E-state index contributed by atoms with van der Waals surface area (Å²) >= 11 is 6.10. The first-order valence-electron chi connectivity index (χ1n) is 6.05. The summed E-state index contributed by atoms with van der Waals surface area (Å²) in [5, 5.41) is 0.407. The number of hydrogen-bond acceptors (Lipinski definition) is 3. The molecule has 19 heavy (non-hydrogen) atoms. The van der Waals surface area contributed by atoms with Gasteiger partial charge in [0.05, 0.1) is 5.69 Å². The highest BCUT2D eigenvalue weighted by atomic mass is 35.5. The van der Waals surface area contributed by atoms with E-state index in [0.29, 0.717) is 28.9 Å². The summed E-state index contributed by atoms with van der Waals surface area (Å²) in [6.45, 7) is 3.78. The molecule has 0 N–H and O–H groups in total. The number of aromatic nitrogens is 2. The molecule has 0 saturated carbocycles. The van der Waals surface area contributed by atoms with E-state index in [1.54, 1.807) is 30.1 Å². The Hall–Kier alpha value is -1.68. The van der Waals surface area contributed by atoms with E-state index in [-0.39, 0.29) is 5.82 Å². The zero-order valence-electron chi connectivity index (χ0n) is 11.1. The topological polar surface area (TPSA) is 29.0 Å². The first kappa shape index (κ1) is 13.7. The molecule has 0 aliphatic carbocycles. The first-order chi connectivity index (χ1) is 9.04. The smallest absolute Gasteiger partial charge is 0.146 e. The number of benzene rings is 1. The summed E-state index contributed by atoms with van der Waals surface area (Å²) in [4.78, 5) is 10.3. The van der Waals surface area contributed by atoms with Crippen molar-refractivity contribution < 1.29 is 4.39 Å². The molecule has 0 spiro atoms. The number of hydrogen-bond donors (Lipinski definition) is 0. The van der Waals surface area contributed by atoms with Gasteiger partial charge in [-0.3, -0.25) is 0 Å². The molecular formula is C14H15ClFN3. The average Bonchev–Trinajstić information content (AvgIpc) is 2.41. The van der Waals surface area contributed by atoms with E-state index in [4.69, 9.17) is 11.6 Å². The third-order valence-electron chi connectivity index (χ3n) is 2.95. The predicted octanol–water partition coefficient (Wildman–Crippen LogP) is 3.91. The van der Waals surface area contributed by atoms with Crippen LogP contribution >= 0.6 is 11.6 Å². The van der Waals surface area contributed by atoms with Crippen LogP contribution in [0.2, 0.25) is 5.15 Å². The van der Waals surface area contributed by atoms with Gasteiger partial charge in [-0.25, -0.2) is 14.4 Å². The minimum absolute atomic E-state index is 0.294. The van der Waals surface area contributed by atoms with Crippen LogP contribution in [-0.2, 0) is 6.42 Å². The van der Waals surface area contributed by atoms with Crippen molar-refractivity contribution in [2.45, 2.75) is 20.3 Å². The molecule has 1 aromatic heterocycles. The molecule has 0 amide bonds. The second-order valence-electron chi connectivity index (χ2n) is 4.24. The maximum atomic E-state index is 13.8. The van der Waals surface area contributed by atoms with Crippen molar-refractivity contribution in [2.24, 2.45) is 0 Å². The summed E-state index contributed by atoms with van der Waals surface area (Å²) in [6.07, 6.45) is 0.679. The van der Waals surface area contributed by atoms with Gasteiger partial charge >= 0.3 is 0 Å². The van der Waals surface area contributed by atoms with Crippen molar-refractivity contribution in [1.29, 1.82) is 0 Å². The van der Waals surface area contributed by atoms with Gasteiger partial charge in [-0.15, -0.1) is 0 Å². The maximum absolute atomic E-state index is 13.8. The maximum Gasteiger partial charge on any atom is 0.146 e.